The highest BCUT2D eigenvalue weighted by atomic mass is 15.2. The standard InChI is InChI=1S/C71H48BN5/c1-74-54-37-39-64-68(43-54)77(47-62-57(52-24-10-4-11-25-52)32-19-33-58(62)53-26-12-5-13-27-53)70-42-49(45-75-65-34-16-14-28-59(65)60-29-15-17-35-66(60)75)41-69-71(70)72(64)63-38-36-48(44-73)40-67(63)76(69)46-61-55(50-20-6-2-7-21-50)30-18-31-56(61)51-22-8-3-9-23-51/h2-43H,45-47H2. The molecule has 0 amide bonds. The van der Waals surface area contributed by atoms with Gasteiger partial charge in [-0.2, -0.15) is 5.26 Å². The summed E-state index contributed by atoms with van der Waals surface area (Å²) < 4.78 is 2.47. The topological polar surface area (TPSA) is 39.6 Å². The molecule has 1 aromatic heterocycles. The van der Waals surface area contributed by atoms with Crippen LogP contribution < -0.4 is 26.2 Å². The van der Waals surface area contributed by atoms with Gasteiger partial charge < -0.3 is 14.4 Å². The first-order valence-electron chi connectivity index (χ1n) is 26.3. The van der Waals surface area contributed by atoms with E-state index in [4.69, 9.17) is 6.57 Å². The zero-order chi connectivity index (χ0) is 51.4. The van der Waals surface area contributed by atoms with Crippen LogP contribution in [0.3, 0.4) is 0 Å². The van der Waals surface area contributed by atoms with Gasteiger partial charge in [0.2, 0.25) is 0 Å². The molecule has 12 aromatic rings. The molecule has 77 heavy (non-hydrogen) atoms. The summed E-state index contributed by atoms with van der Waals surface area (Å²) in [5, 5.41) is 13.2. The van der Waals surface area contributed by atoms with Crippen molar-refractivity contribution in [3.8, 4) is 50.6 Å². The molecule has 0 bridgehead atoms. The summed E-state index contributed by atoms with van der Waals surface area (Å²) in [5.41, 5.74) is 23.9. The quantitative estimate of drug-likeness (QED) is 0.101. The molecule has 5 nitrogen and oxygen atoms in total. The van der Waals surface area contributed by atoms with Gasteiger partial charge in [-0.05, 0) is 120 Å². The van der Waals surface area contributed by atoms with Gasteiger partial charge in [0.15, 0.2) is 5.69 Å². The minimum absolute atomic E-state index is 0.205. The lowest BCUT2D eigenvalue weighted by atomic mass is 9.33. The summed E-state index contributed by atoms with van der Waals surface area (Å²) in [6.07, 6.45) is 0. The van der Waals surface area contributed by atoms with E-state index in [1.54, 1.807) is 0 Å². The first kappa shape index (κ1) is 45.5. The number of nitriles is 1. The Morgan fingerprint density at radius 3 is 1.26 bits per heavy atom. The molecule has 0 fully saturated rings. The minimum Gasteiger partial charge on any atom is -0.339 e. The Bertz CT molecular complexity index is 3960. The van der Waals surface area contributed by atoms with Crippen molar-refractivity contribution in [1.29, 1.82) is 5.26 Å². The lowest BCUT2D eigenvalue weighted by Crippen LogP contribution is -2.62. The van der Waals surface area contributed by atoms with Gasteiger partial charge in [0.1, 0.15) is 0 Å². The summed E-state index contributed by atoms with van der Waals surface area (Å²) >= 11 is 0. The van der Waals surface area contributed by atoms with Crippen molar-refractivity contribution in [1.82, 2.24) is 4.57 Å². The van der Waals surface area contributed by atoms with Gasteiger partial charge in [-0.3, -0.25) is 0 Å². The maximum absolute atomic E-state index is 10.7. The first-order valence-corrected chi connectivity index (χ1v) is 26.3. The van der Waals surface area contributed by atoms with E-state index in [-0.39, 0.29) is 6.71 Å². The second-order valence-electron chi connectivity index (χ2n) is 20.1. The Balaban J connectivity index is 1.07. The molecule has 2 aliphatic rings. The van der Waals surface area contributed by atoms with Crippen molar-refractivity contribution < 1.29 is 0 Å². The Morgan fingerprint density at radius 1 is 0.403 bits per heavy atom. The summed E-state index contributed by atoms with van der Waals surface area (Å²) in [6, 6.07) is 93.8. The van der Waals surface area contributed by atoms with E-state index in [9.17, 15) is 5.26 Å². The van der Waals surface area contributed by atoms with Crippen LogP contribution >= 0.6 is 0 Å². The molecule has 0 spiro atoms. The molecular weight excluding hydrogens is 934 g/mol. The molecule has 0 N–H and O–H groups in total. The molecule has 0 atom stereocenters. The van der Waals surface area contributed by atoms with Crippen LogP contribution in [0.5, 0.6) is 0 Å². The predicted molar refractivity (Wildman–Crippen MR) is 320 cm³/mol. The zero-order valence-electron chi connectivity index (χ0n) is 42.2. The highest BCUT2D eigenvalue weighted by molar-refractivity contribution is 7.00. The minimum atomic E-state index is -0.205. The van der Waals surface area contributed by atoms with Gasteiger partial charge in [-0.15, -0.1) is 0 Å². The fraction of sp³-hybridized carbons (Fsp3) is 0.0423. The Labute approximate surface area is 449 Å². The van der Waals surface area contributed by atoms with Crippen LogP contribution in [0.1, 0.15) is 22.3 Å². The van der Waals surface area contributed by atoms with E-state index >= 15 is 0 Å². The Kier molecular flexibility index (Phi) is 11.2. The average Bonchev–Trinajstić information content (AvgIpc) is 3.84. The van der Waals surface area contributed by atoms with Gasteiger partial charge in [0.25, 0.3) is 6.71 Å². The molecule has 360 valence electrons. The molecule has 0 saturated carbocycles. The van der Waals surface area contributed by atoms with Gasteiger partial charge in [-0.25, -0.2) is 4.85 Å². The van der Waals surface area contributed by atoms with Crippen LogP contribution in [0, 0.1) is 17.9 Å². The third-order valence-corrected chi connectivity index (χ3v) is 15.9. The number of hydrogen-bond acceptors (Lipinski definition) is 3. The van der Waals surface area contributed by atoms with E-state index in [0.717, 1.165) is 83.7 Å². The number of hydrogen-bond donors (Lipinski definition) is 0. The molecule has 6 heteroatoms. The molecule has 0 saturated heterocycles. The lowest BCUT2D eigenvalue weighted by molar-refractivity contribution is 0.864. The van der Waals surface area contributed by atoms with Crippen molar-refractivity contribution in [3.63, 3.8) is 0 Å². The molecule has 0 aliphatic carbocycles. The van der Waals surface area contributed by atoms with Crippen LogP contribution in [0.25, 0.3) is 71.2 Å². The highest BCUT2D eigenvalue weighted by Crippen LogP contribution is 2.45. The molecular formula is C71H48BN5. The number of nitrogens with zero attached hydrogens (tertiary/aromatic N) is 5. The average molecular weight is 982 g/mol. The second kappa shape index (κ2) is 19.0. The molecule has 0 unspecified atom stereocenters. The fourth-order valence-corrected chi connectivity index (χ4v) is 12.5. The van der Waals surface area contributed by atoms with Gasteiger partial charge in [0.05, 0.1) is 18.2 Å². The summed E-state index contributed by atoms with van der Waals surface area (Å²) in [7, 11) is 0. The third-order valence-electron chi connectivity index (χ3n) is 15.9. The summed E-state index contributed by atoms with van der Waals surface area (Å²) in [4.78, 5) is 9.11. The maximum Gasteiger partial charge on any atom is 0.251 e. The van der Waals surface area contributed by atoms with Gasteiger partial charge in [-0.1, -0.05) is 212 Å². The van der Waals surface area contributed by atoms with Crippen molar-refractivity contribution in [3.05, 3.63) is 288 Å². The summed E-state index contributed by atoms with van der Waals surface area (Å²) in [6.45, 7) is 9.87. The van der Waals surface area contributed by atoms with Crippen molar-refractivity contribution in [2.24, 2.45) is 0 Å². The van der Waals surface area contributed by atoms with Crippen molar-refractivity contribution in [2.45, 2.75) is 19.6 Å². The van der Waals surface area contributed by atoms with Crippen LogP contribution in [0.15, 0.2) is 255 Å². The number of rotatable bonds is 10. The predicted octanol–water partition coefficient (Wildman–Crippen LogP) is 15.8. The molecule has 14 rings (SSSR count). The van der Waals surface area contributed by atoms with E-state index in [2.05, 4.69) is 268 Å². The zero-order valence-corrected chi connectivity index (χ0v) is 42.2. The summed E-state index contributed by atoms with van der Waals surface area (Å²) in [5.74, 6) is 0. The smallest absolute Gasteiger partial charge is 0.251 e. The number of benzene rings is 11. The second-order valence-corrected chi connectivity index (χ2v) is 20.1. The number of fused-ring (bicyclic) bond motifs is 7. The van der Waals surface area contributed by atoms with Crippen LogP contribution in [0.2, 0.25) is 0 Å². The largest absolute Gasteiger partial charge is 0.339 e. The van der Waals surface area contributed by atoms with E-state index in [0.29, 0.717) is 30.9 Å². The molecule has 3 heterocycles. The normalized spacial score (nSPS) is 12.2. The monoisotopic (exact) mass is 981 g/mol. The van der Waals surface area contributed by atoms with Gasteiger partial charge >= 0.3 is 0 Å². The number of anilines is 4. The lowest BCUT2D eigenvalue weighted by Gasteiger charge is -2.45. The van der Waals surface area contributed by atoms with Crippen LogP contribution in [-0.2, 0) is 19.6 Å². The molecule has 11 aromatic carbocycles. The van der Waals surface area contributed by atoms with Crippen LogP contribution in [-0.4, -0.2) is 11.3 Å². The van der Waals surface area contributed by atoms with Gasteiger partial charge in [0, 0.05) is 64.2 Å². The van der Waals surface area contributed by atoms with E-state index in [1.807, 2.05) is 12.1 Å². The SMILES string of the molecule is [C-]#[N+]c1ccc2c(c1)N(Cc1c(-c3ccccc3)cccc1-c1ccccc1)c1cc(Cn3c4ccccc4c4ccccc43)cc3c1B2c1ccc(C#N)cc1N3Cc1c(-c2ccccc2)cccc1-c1ccccc1. The maximum atomic E-state index is 10.7. The van der Waals surface area contributed by atoms with Crippen molar-refractivity contribution >= 4 is 73.3 Å². The molecule has 0 radical (unpaired) electrons. The third kappa shape index (κ3) is 7.78. The van der Waals surface area contributed by atoms with E-state index < -0.39 is 0 Å². The van der Waals surface area contributed by atoms with Crippen molar-refractivity contribution in [2.75, 3.05) is 9.80 Å². The fourth-order valence-electron chi connectivity index (χ4n) is 12.5. The highest BCUT2D eigenvalue weighted by Gasteiger charge is 2.43. The Morgan fingerprint density at radius 2 is 0.818 bits per heavy atom. The first-order chi connectivity index (χ1) is 38.1. The Hall–Kier alpha value is -10.1. The number of aromatic nitrogens is 1. The van der Waals surface area contributed by atoms with Crippen LogP contribution in [0.4, 0.5) is 28.4 Å². The molecule has 2 aliphatic heterocycles. The van der Waals surface area contributed by atoms with E-state index in [1.165, 1.54) is 38.4 Å². The number of para-hydroxylation sites is 2.